The first kappa shape index (κ1) is 21.7. The Morgan fingerprint density at radius 3 is 2.33 bits per heavy atom. The van der Waals surface area contributed by atoms with Gasteiger partial charge in [-0.2, -0.15) is 0 Å². The van der Waals surface area contributed by atoms with Crippen molar-refractivity contribution in [3.8, 4) is 12.3 Å². The second-order valence-electron chi connectivity index (χ2n) is 11.0. The minimum Gasteiger partial charge on any atom is -0.462 e. The third kappa shape index (κ3) is 3.19. The normalized spacial score (nSPS) is 46.8. The van der Waals surface area contributed by atoms with Crippen LogP contribution in [0, 0.1) is 46.8 Å². The average molecular weight is 415 g/mol. The van der Waals surface area contributed by atoms with Gasteiger partial charge in [-0.1, -0.05) is 33.6 Å². The molecule has 0 heterocycles. The van der Waals surface area contributed by atoms with Crippen LogP contribution in [0.1, 0.15) is 91.9 Å². The van der Waals surface area contributed by atoms with E-state index in [0.29, 0.717) is 36.5 Å². The first-order valence-corrected chi connectivity index (χ1v) is 12.1. The first-order chi connectivity index (χ1) is 14.2. The molecule has 4 heteroatoms. The summed E-state index contributed by atoms with van der Waals surface area (Å²) in [6, 6.07) is 0. The van der Waals surface area contributed by atoms with Gasteiger partial charge in [-0.25, -0.2) is 0 Å². The van der Waals surface area contributed by atoms with Gasteiger partial charge in [0.15, 0.2) is 5.60 Å². The van der Waals surface area contributed by atoms with Crippen molar-refractivity contribution in [3.63, 3.8) is 0 Å². The summed E-state index contributed by atoms with van der Waals surface area (Å²) in [5.74, 6) is 5.08. The van der Waals surface area contributed by atoms with Gasteiger partial charge in [-0.15, -0.1) is 6.42 Å². The molecule has 0 bridgehead atoms. The molecule has 0 radical (unpaired) electrons. The SMILES string of the molecule is C#CC1(OC(=O)CC)CC2CCC3C(CCC4(C)C(OC(=O)CC)CCC34)C2(C)C1. The van der Waals surface area contributed by atoms with E-state index in [1.165, 1.54) is 6.42 Å². The van der Waals surface area contributed by atoms with Crippen molar-refractivity contribution in [2.75, 3.05) is 0 Å². The smallest absolute Gasteiger partial charge is 0.307 e. The van der Waals surface area contributed by atoms with Crippen LogP contribution in [0.25, 0.3) is 0 Å². The van der Waals surface area contributed by atoms with E-state index in [0.717, 1.165) is 44.9 Å². The molecule has 0 amide bonds. The van der Waals surface area contributed by atoms with E-state index < -0.39 is 5.60 Å². The summed E-state index contributed by atoms with van der Waals surface area (Å²) in [4.78, 5) is 24.1. The van der Waals surface area contributed by atoms with Gasteiger partial charge in [-0.05, 0) is 67.6 Å². The molecule has 0 N–H and O–H groups in total. The zero-order chi connectivity index (χ0) is 21.7. The number of carbonyl (C=O) groups excluding carboxylic acids is 2. The van der Waals surface area contributed by atoms with E-state index in [4.69, 9.17) is 15.9 Å². The highest BCUT2D eigenvalue weighted by molar-refractivity contribution is 5.70. The Morgan fingerprint density at radius 1 is 0.967 bits per heavy atom. The lowest BCUT2D eigenvalue weighted by Gasteiger charge is -2.57. The molecule has 4 aliphatic rings. The van der Waals surface area contributed by atoms with Crippen molar-refractivity contribution in [1.82, 2.24) is 0 Å². The molecule has 166 valence electrons. The van der Waals surface area contributed by atoms with E-state index in [-0.39, 0.29) is 28.9 Å². The zero-order valence-corrected chi connectivity index (χ0v) is 19.2. The lowest BCUT2D eigenvalue weighted by atomic mass is 9.48. The molecule has 4 aliphatic carbocycles. The minimum absolute atomic E-state index is 0.0630. The molecule has 8 atom stereocenters. The Morgan fingerprint density at radius 2 is 1.67 bits per heavy atom. The maximum absolute atomic E-state index is 12.1. The van der Waals surface area contributed by atoms with Gasteiger partial charge in [0.1, 0.15) is 6.10 Å². The average Bonchev–Trinajstić information content (AvgIpc) is 3.21. The monoisotopic (exact) mass is 414 g/mol. The van der Waals surface area contributed by atoms with Crippen LogP contribution in [0.4, 0.5) is 0 Å². The molecule has 0 saturated heterocycles. The topological polar surface area (TPSA) is 52.6 Å². The summed E-state index contributed by atoms with van der Waals surface area (Å²) in [6.07, 6.45) is 15.3. The number of carbonyl (C=O) groups is 2. The summed E-state index contributed by atoms with van der Waals surface area (Å²) in [5.41, 5.74) is -0.495. The minimum atomic E-state index is -0.725. The number of rotatable bonds is 4. The summed E-state index contributed by atoms with van der Waals surface area (Å²) in [6.45, 7) is 8.49. The molecule has 0 aromatic carbocycles. The molecule has 0 aromatic heterocycles. The molecular weight excluding hydrogens is 376 g/mol. The van der Waals surface area contributed by atoms with Gasteiger partial charge < -0.3 is 9.47 Å². The Kier molecular flexibility index (Phi) is 5.48. The van der Waals surface area contributed by atoms with Crippen LogP contribution in [-0.4, -0.2) is 23.6 Å². The standard InChI is InChI=1S/C26H38O4/c1-6-22(27)29-21-12-11-19-18-10-9-17-15-26(8-3,30-23(28)7-2)16-25(17,5)20(18)13-14-24(19,21)4/h3,17-21H,6-7,9-16H2,1-2,4-5H3. The van der Waals surface area contributed by atoms with Crippen molar-refractivity contribution >= 4 is 11.9 Å². The number of hydrogen-bond donors (Lipinski definition) is 0. The lowest BCUT2D eigenvalue weighted by molar-refractivity contribution is -0.162. The second-order valence-corrected chi connectivity index (χ2v) is 11.0. The van der Waals surface area contributed by atoms with E-state index in [9.17, 15) is 9.59 Å². The van der Waals surface area contributed by atoms with Crippen LogP contribution in [0.15, 0.2) is 0 Å². The second kappa shape index (κ2) is 7.57. The van der Waals surface area contributed by atoms with Crippen LogP contribution in [0.2, 0.25) is 0 Å². The molecule has 30 heavy (non-hydrogen) atoms. The van der Waals surface area contributed by atoms with Crippen molar-refractivity contribution in [1.29, 1.82) is 0 Å². The van der Waals surface area contributed by atoms with Gasteiger partial charge in [0.25, 0.3) is 0 Å². The first-order valence-electron chi connectivity index (χ1n) is 12.1. The largest absolute Gasteiger partial charge is 0.462 e. The molecule has 4 saturated carbocycles. The van der Waals surface area contributed by atoms with E-state index in [2.05, 4.69) is 19.8 Å². The highest BCUT2D eigenvalue weighted by atomic mass is 16.6. The fraction of sp³-hybridized carbons (Fsp3) is 0.846. The van der Waals surface area contributed by atoms with Crippen molar-refractivity contribution in [3.05, 3.63) is 0 Å². The maximum Gasteiger partial charge on any atom is 0.307 e. The highest BCUT2D eigenvalue weighted by Gasteiger charge is 2.64. The molecule has 4 rings (SSSR count). The van der Waals surface area contributed by atoms with Crippen LogP contribution in [0.5, 0.6) is 0 Å². The molecule has 4 nitrogen and oxygen atoms in total. The van der Waals surface area contributed by atoms with E-state index in [1.807, 2.05) is 13.8 Å². The van der Waals surface area contributed by atoms with Crippen molar-refractivity contribution in [2.45, 2.75) is 104 Å². The molecule has 4 fully saturated rings. The van der Waals surface area contributed by atoms with Gasteiger partial charge >= 0.3 is 11.9 Å². The predicted molar refractivity (Wildman–Crippen MR) is 115 cm³/mol. The maximum atomic E-state index is 12.1. The summed E-state index contributed by atoms with van der Waals surface area (Å²) in [7, 11) is 0. The van der Waals surface area contributed by atoms with Crippen molar-refractivity contribution < 1.29 is 19.1 Å². The van der Waals surface area contributed by atoms with Crippen LogP contribution < -0.4 is 0 Å². The zero-order valence-electron chi connectivity index (χ0n) is 19.2. The summed E-state index contributed by atoms with van der Waals surface area (Å²) < 4.78 is 11.8. The van der Waals surface area contributed by atoms with E-state index >= 15 is 0 Å². The predicted octanol–water partition coefficient (Wildman–Crippen LogP) is 5.29. The third-order valence-electron chi connectivity index (χ3n) is 9.64. The molecule has 0 aromatic rings. The van der Waals surface area contributed by atoms with Gasteiger partial charge in [0, 0.05) is 31.1 Å². The number of terminal acetylenes is 1. The molecule has 0 aliphatic heterocycles. The quantitative estimate of drug-likeness (QED) is 0.463. The molecular formula is C26H38O4. The summed E-state index contributed by atoms with van der Waals surface area (Å²) >= 11 is 0. The Labute approximate surface area is 181 Å². The number of ether oxygens (including phenoxy) is 2. The fourth-order valence-electron chi connectivity index (χ4n) is 8.13. The number of esters is 2. The third-order valence-corrected chi connectivity index (χ3v) is 9.64. The Bertz CT molecular complexity index is 753. The van der Waals surface area contributed by atoms with Gasteiger partial charge in [-0.3, -0.25) is 9.59 Å². The van der Waals surface area contributed by atoms with Crippen molar-refractivity contribution in [2.24, 2.45) is 34.5 Å². The highest BCUT2D eigenvalue weighted by Crippen LogP contribution is 2.68. The van der Waals surface area contributed by atoms with Crippen LogP contribution in [-0.2, 0) is 19.1 Å². The fourth-order valence-corrected chi connectivity index (χ4v) is 8.13. The number of hydrogen-bond acceptors (Lipinski definition) is 4. The summed E-state index contributed by atoms with van der Waals surface area (Å²) in [5, 5.41) is 0. The molecule has 8 unspecified atom stereocenters. The van der Waals surface area contributed by atoms with Crippen LogP contribution in [0.3, 0.4) is 0 Å². The lowest BCUT2D eigenvalue weighted by Crippen LogP contribution is -2.51. The van der Waals surface area contributed by atoms with Gasteiger partial charge in [0.2, 0.25) is 0 Å². The van der Waals surface area contributed by atoms with Crippen LogP contribution >= 0.6 is 0 Å². The Balaban J connectivity index is 1.56. The van der Waals surface area contributed by atoms with E-state index in [1.54, 1.807) is 0 Å². The Hall–Kier alpha value is -1.50. The molecule has 0 spiro atoms. The van der Waals surface area contributed by atoms with Gasteiger partial charge in [0.05, 0.1) is 0 Å². The number of fused-ring (bicyclic) bond motifs is 5.